The number of hydrogen-bond donors (Lipinski definition) is 0. The molecule has 1 amide bonds. The van der Waals surface area contributed by atoms with Gasteiger partial charge in [0.25, 0.3) is 0 Å². The number of ether oxygens (including phenoxy) is 2. The molecule has 3 aliphatic rings. The number of piperidine rings is 1. The lowest BCUT2D eigenvalue weighted by Gasteiger charge is -2.33. The number of likely N-dealkylation sites (tertiary alicyclic amines) is 1. The molecule has 1 atom stereocenters. The van der Waals surface area contributed by atoms with Crippen molar-refractivity contribution < 1.29 is 14.3 Å². The van der Waals surface area contributed by atoms with E-state index in [0.29, 0.717) is 12.5 Å². The Bertz CT molecular complexity index is 697. The van der Waals surface area contributed by atoms with E-state index in [1.165, 1.54) is 12.0 Å². The second-order valence-electron chi connectivity index (χ2n) is 8.30. The van der Waals surface area contributed by atoms with Crippen molar-refractivity contribution in [3.63, 3.8) is 0 Å². The standard InChI is InChI=1S/C21H32N4O3/c1-15-18-6-3-9-24(2)21(18)23-20(22-15)16-7-10-25(11-8-16)19(26)14-27-13-17-5-4-12-28-17/h16-17H,3-14H2,1-2H3. The van der Waals surface area contributed by atoms with Gasteiger partial charge < -0.3 is 19.3 Å². The van der Waals surface area contributed by atoms with Crippen LogP contribution in [0, 0.1) is 6.92 Å². The van der Waals surface area contributed by atoms with Gasteiger partial charge in [-0.15, -0.1) is 0 Å². The van der Waals surface area contributed by atoms with Gasteiger partial charge in [-0.3, -0.25) is 4.79 Å². The molecule has 4 rings (SSSR count). The predicted molar refractivity (Wildman–Crippen MR) is 107 cm³/mol. The molecule has 0 N–H and O–H groups in total. The monoisotopic (exact) mass is 388 g/mol. The zero-order chi connectivity index (χ0) is 19.5. The van der Waals surface area contributed by atoms with Gasteiger partial charge in [-0.05, 0) is 45.4 Å². The van der Waals surface area contributed by atoms with E-state index in [9.17, 15) is 4.79 Å². The Morgan fingerprint density at radius 2 is 2.00 bits per heavy atom. The van der Waals surface area contributed by atoms with Gasteiger partial charge in [-0.25, -0.2) is 9.97 Å². The third kappa shape index (κ3) is 4.30. The number of fused-ring (bicyclic) bond motifs is 1. The Kier molecular flexibility index (Phi) is 6.11. The molecule has 0 saturated carbocycles. The molecule has 1 aromatic heterocycles. The van der Waals surface area contributed by atoms with E-state index in [2.05, 4.69) is 18.9 Å². The van der Waals surface area contributed by atoms with E-state index in [0.717, 1.165) is 75.7 Å². The van der Waals surface area contributed by atoms with Gasteiger partial charge in [0.2, 0.25) is 5.91 Å². The highest BCUT2D eigenvalue weighted by atomic mass is 16.5. The summed E-state index contributed by atoms with van der Waals surface area (Å²) in [5, 5.41) is 0. The number of aryl methyl sites for hydroxylation is 1. The first kappa shape index (κ1) is 19.6. The number of carbonyl (C=O) groups excluding carboxylic acids is 1. The van der Waals surface area contributed by atoms with Crippen LogP contribution < -0.4 is 4.90 Å². The van der Waals surface area contributed by atoms with Crippen molar-refractivity contribution in [3.05, 3.63) is 17.1 Å². The fourth-order valence-corrected chi connectivity index (χ4v) is 4.52. The van der Waals surface area contributed by atoms with Gasteiger partial charge in [0.15, 0.2) is 0 Å². The van der Waals surface area contributed by atoms with Crippen molar-refractivity contribution >= 4 is 11.7 Å². The maximum absolute atomic E-state index is 12.4. The third-order valence-corrected chi connectivity index (χ3v) is 6.26. The molecule has 4 heterocycles. The Morgan fingerprint density at radius 3 is 2.75 bits per heavy atom. The smallest absolute Gasteiger partial charge is 0.248 e. The molecule has 1 aromatic rings. The quantitative estimate of drug-likeness (QED) is 0.769. The van der Waals surface area contributed by atoms with E-state index < -0.39 is 0 Å². The normalized spacial score (nSPS) is 23.1. The van der Waals surface area contributed by atoms with E-state index in [-0.39, 0.29) is 18.6 Å². The summed E-state index contributed by atoms with van der Waals surface area (Å²) in [6.07, 6.45) is 6.37. The van der Waals surface area contributed by atoms with Gasteiger partial charge in [-0.2, -0.15) is 0 Å². The van der Waals surface area contributed by atoms with Crippen molar-refractivity contribution in [3.8, 4) is 0 Å². The van der Waals surface area contributed by atoms with Crippen LogP contribution >= 0.6 is 0 Å². The second kappa shape index (κ2) is 8.74. The summed E-state index contributed by atoms with van der Waals surface area (Å²) in [6.45, 7) is 6.16. The highest BCUT2D eigenvalue weighted by molar-refractivity contribution is 5.77. The first-order chi connectivity index (χ1) is 13.6. The molecule has 7 nitrogen and oxygen atoms in total. The topological polar surface area (TPSA) is 67.8 Å². The van der Waals surface area contributed by atoms with Crippen molar-refractivity contribution in [2.24, 2.45) is 0 Å². The lowest BCUT2D eigenvalue weighted by atomic mass is 9.95. The molecule has 0 spiro atoms. The van der Waals surface area contributed by atoms with Crippen molar-refractivity contribution in [1.82, 2.24) is 14.9 Å². The average Bonchev–Trinajstić information content (AvgIpc) is 3.22. The summed E-state index contributed by atoms with van der Waals surface area (Å²) < 4.78 is 11.1. The number of anilines is 1. The minimum absolute atomic E-state index is 0.0821. The minimum Gasteiger partial charge on any atom is -0.376 e. The largest absolute Gasteiger partial charge is 0.376 e. The van der Waals surface area contributed by atoms with Gasteiger partial charge >= 0.3 is 0 Å². The highest BCUT2D eigenvalue weighted by Gasteiger charge is 2.28. The molecule has 0 aromatic carbocycles. The van der Waals surface area contributed by atoms with Crippen molar-refractivity contribution in [2.45, 2.75) is 57.5 Å². The van der Waals surface area contributed by atoms with Crippen LogP contribution in [-0.4, -0.2) is 73.4 Å². The van der Waals surface area contributed by atoms with E-state index >= 15 is 0 Å². The Hall–Kier alpha value is -1.73. The van der Waals surface area contributed by atoms with Crippen LogP contribution in [0.1, 0.15) is 55.1 Å². The first-order valence-corrected chi connectivity index (χ1v) is 10.7. The molecular formula is C21H32N4O3. The molecule has 3 aliphatic heterocycles. The Labute approximate surface area is 167 Å². The number of carbonyl (C=O) groups is 1. The predicted octanol–water partition coefficient (Wildman–Crippen LogP) is 2.07. The Balaban J connectivity index is 1.29. The maximum Gasteiger partial charge on any atom is 0.248 e. The molecule has 7 heteroatoms. The van der Waals surface area contributed by atoms with E-state index in [4.69, 9.17) is 19.4 Å². The zero-order valence-electron chi connectivity index (χ0n) is 17.2. The van der Waals surface area contributed by atoms with Gasteiger partial charge in [0, 0.05) is 50.5 Å². The summed E-state index contributed by atoms with van der Waals surface area (Å²) in [7, 11) is 2.12. The summed E-state index contributed by atoms with van der Waals surface area (Å²) in [5.74, 6) is 2.47. The molecule has 2 saturated heterocycles. The van der Waals surface area contributed by atoms with E-state index in [1.807, 2.05) is 4.90 Å². The maximum atomic E-state index is 12.4. The van der Waals surface area contributed by atoms with Crippen LogP contribution in [0.3, 0.4) is 0 Å². The zero-order valence-corrected chi connectivity index (χ0v) is 17.2. The molecule has 2 fully saturated rings. The number of rotatable bonds is 5. The van der Waals surface area contributed by atoms with Gasteiger partial charge in [0.05, 0.1) is 12.7 Å². The molecule has 0 bridgehead atoms. The van der Waals surface area contributed by atoms with Crippen LogP contribution in [-0.2, 0) is 20.7 Å². The van der Waals surface area contributed by atoms with Crippen LogP contribution in [0.2, 0.25) is 0 Å². The number of nitrogens with zero attached hydrogens (tertiary/aromatic N) is 4. The fraction of sp³-hybridized carbons (Fsp3) is 0.762. The summed E-state index contributed by atoms with van der Waals surface area (Å²) >= 11 is 0. The number of aromatic nitrogens is 2. The fourth-order valence-electron chi connectivity index (χ4n) is 4.52. The minimum atomic E-state index is 0.0821. The van der Waals surface area contributed by atoms with E-state index in [1.54, 1.807) is 0 Å². The van der Waals surface area contributed by atoms with Crippen LogP contribution in [0.25, 0.3) is 0 Å². The first-order valence-electron chi connectivity index (χ1n) is 10.7. The van der Waals surface area contributed by atoms with Crippen molar-refractivity contribution in [1.29, 1.82) is 0 Å². The number of amides is 1. The Morgan fingerprint density at radius 1 is 1.18 bits per heavy atom. The molecule has 28 heavy (non-hydrogen) atoms. The summed E-state index contributed by atoms with van der Waals surface area (Å²) in [6, 6.07) is 0. The van der Waals surface area contributed by atoms with Crippen LogP contribution in [0.4, 0.5) is 5.82 Å². The molecule has 0 aliphatic carbocycles. The van der Waals surface area contributed by atoms with Crippen LogP contribution in [0.15, 0.2) is 0 Å². The second-order valence-corrected chi connectivity index (χ2v) is 8.30. The SMILES string of the molecule is Cc1nc(C2CCN(C(=O)COCC3CCCO3)CC2)nc2c1CCCN2C. The van der Waals surface area contributed by atoms with Gasteiger partial charge in [-0.1, -0.05) is 0 Å². The lowest BCUT2D eigenvalue weighted by molar-refractivity contribution is -0.138. The van der Waals surface area contributed by atoms with Crippen molar-refractivity contribution in [2.75, 3.05) is 51.4 Å². The lowest BCUT2D eigenvalue weighted by Crippen LogP contribution is -2.40. The molecule has 154 valence electrons. The third-order valence-electron chi connectivity index (χ3n) is 6.26. The summed E-state index contributed by atoms with van der Waals surface area (Å²) in [5.41, 5.74) is 2.42. The van der Waals surface area contributed by atoms with Crippen LogP contribution in [0.5, 0.6) is 0 Å². The van der Waals surface area contributed by atoms with Gasteiger partial charge in [0.1, 0.15) is 18.2 Å². The molecular weight excluding hydrogens is 356 g/mol. The highest BCUT2D eigenvalue weighted by Crippen LogP contribution is 2.31. The average molecular weight is 389 g/mol. The molecule has 0 radical (unpaired) electrons. The molecule has 1 unspecified atom stereocenters. The number of hydrogen-bond acceptors (Lipinski definition) is 6. The summed E-state index contributed by atoms with van der Waals surface area (Å²) in [4.78, 5) is 26.3.